The number of hydrogen-bond donors (Lipinski definition) is 7. The molecule has 1 atom stereocenters. The summed E-state index contributed by atoms with van der Waals surface area (Å²) < 4.78 is 5.35. The molecule has 0 radical (unpaired) electrons. The van der Waals surface area contributed by atoms with Gasteiger partial charge in [0.15, 0.2) is 5.84 Å². The van der Waals surface area contributed by atoms with E-state index in [1.165, 1.54) is 0 Å². The molecule has 14 nitrogen and oxygen atoms in total. The number of benzene rings is 3. The summed E-state index contributed by atoms with van der Waals surface area (Å²) in [6.45, 7) is 9.44. The molecule has 1 fully saturated rings. The number of anilines is 1. The third-order valence-corrected chi connectivity index (χ3v) is 9.68. The van der Waals surface area contributed by atoms with E-state index in [0.717, 1.165) is 48.1 Å². The van der Waals surface area contributed by atoms with E-state index in [4.69, 9.17) is 16.3 Å². The zero-order chi connectivity index (χ0) is 40.8. The number of amidine groups is 1. The number of ether oxygens (including phenoxy) is 1. The number of aryl methyl sites for hydroxylation is 1. The highest BCUT2D eigenvalue weighted by molar-refractivity contribution is 6.00. The Bertz CT molecular complexity index is 1810. The van der Waals surface area contributed by atoms with E-state index >= 15 is 0 Å². The second kappa shape index (κ2) is 20.4. The van der Waals surface area contributed by atoms with Crippen molar-refractivity contribution in [3.63, 3.8) is 0 Å². The zero-order valence-electron chi connectivity index (χ0n) is 33.5. The molecule has 0 spiro atoms. The number of amides is 4. The number of nitrogens with one attached hydrogen (secondary N) is 5. The molecule has 0 unspecified atom stereocenters. The van der Waals surface area contributed by atoms with Gasteiger partial charge < -0.3 is 36.6 Å². The number of hydrazone groups is 1. The fourth-order valence-electron chi connectivity index (χ4n) is 6.64. The molecule has 0 saturated heterocycles. The van der Waals surface area contributed by atoms with Crippen molar-refractivity contribution in [3.8, 4) is 11.1 Å². The third-order valence-electron chi connectivity index (χ3n) is 9.68. The molecule has 1 aliphatic rings. The monoisotopic (exact) mass is 769 g/mol. The van der Waals surface area contributed by atoms with Crippen molar-refractivity contribution in [2.75, 3.05) is 39.0 Å². The standard InChI is InChI=1S/C42H59N9O5/c1-27-24-33(38(52)45-22-7-23-51(5)6)18-21-35(27)30-12-8-28(9-13-30)25-36(40(54)47-34-19-16-31(17-20-34)37(43)49-50-44)48-39(53)32-14-10-29(11-15-32)26-46-41(55)56-42(2,3)4/h8-9,12-13,16-21,24,29,32,36,50H,7,10-11,14-15,22-23,25-26,44H2,1-6H3,(H2,43,49)(H,45,52)(H,46,55)(H,47,54)(H,48,53)/t29?,32?,36-/m0/s1. The van der Waals surface area contributed by atoms with Gasteiger partial charge in [-0.05, 0) is 145 Å². The topological polar surface area (TPSA) is 205 Å². The van der Waals surface area contributed by atoms with Crippen molar-refractivity contribution in [2.45, 2.75) is 77.9 Å². The lowest BCUT2D eigenvalue weighted by molar-refractivity contribution is -0.130. The smallest absolute Gasteiger partial charge is 0.407 e. The van der Waals surface area contributed by atoms with E-state index in [1.807, 2.05) is 84.3 Å². The lowest BCUT2D eigenvalue weighted by Crippen LogP contribution is -2.48. The Morgan fingerprint density at radius 2 is 1.57 bits per heavy atom. The summed E-state index contributed by atoms with van der Waals surface area (Å²) in [4.78, 5) is 54.4. The molecule has 3 aromatic rings. The molecule has 302 valence electrons. The first-order chi connectivity index (χ1) is 26.6. The fraction of sp³-hybridized carbons (Fsp3) is 0.452. The van der Waals surface area contributed by atoms with Crippen LogP contribution in [0.1, 0.15) is 79.9 Å². The molecule has 0 bridgehead atoms. The summed E-state index contributed by atoms with van der Waals surface area (Å²) >= 11 is 0. The maximum Gasteiger partial charge on any atom is 0.407 e. The number of carbonyl (C=O) groups excluding carboxylic acids is 4. The summed E-state index contributed by atoms with van der Waals surface area (Å²) in [5.41, 5.74) is 13.1. The quantitative estimate of drug-likeness (QED) is 0.0362. The van der Waals surface area contributed by atoms with Crippen molar-refractivity contribution in [2.24, 2.45) is 28.5 Å². The highest BCUT2D eigenvalue weighted by atomic mass is 16.6. The molecule has 4 amide bonds. The predicted octanol–water partition coefficient (Wildman–Crippen LogP) is 4.42. The van der Waals surface area contributed by atoms with Crippen molar-refractivity contribution >= 4 is 35.3 Å². The molecule has 14 heteroatoms. The number of nitrogens with zero attached hydrogens (tertiary/aromatic N) is 2. The number of hydrazine groups is 1. The molecular weight excluding hydrogens is 711 g/mol. The number of alkyl carbamates (subject to hydrolysis) is 1. The maximum absolute atomic E-state index is 13.8. The Labute approximate surface area is 330 Å². The van der Waals surface area contributed by atoms with E-state index in [-0.39, 0.29) is 41.8 Å². The van der Waals surface area contributed by atoms with E-state index in [9.17, 15) is 19.2 Å². The number of carbonyl (C=O) groups is 4. The minimum absolute atomic E-state index is 0.0961. The lowest BCUT2D eigenvalue weighted by Gasteiger charge is -2.29. The Morgan fingerprint density at radius 1 is 0.911 bits per heavy atom. The molecule has 4 rings (SSSR count). The van der Waals surface area contributed by atoms with Crippen LogP contribution in [0.2, 0.25) is 0 Å². The Kier molecular flexibility index (Phi) is 15.8. The summed E-state index contributed by atoms with van der Waals surface area (Å²) in [7, 11) is 4.01. The van der Waals surface area contributed by atoms with Gasteiger partial charge in [0.2, 0.25) is 11.8 Å². The van der Waals surface area contributed by atoms with Crippen LogP contribution in [0.4, 0.5) is 10.5 Å². The van der Waals surface area contributed by atoms with Gasteiger partial charge in [-0.2, -0.15) is 0 Å². The molecule has 3 aromatic carbocycles. The van der Waals surface area contributed by atoms with Gasteiger partial charge in [0, 0.05) is 42.2 Å². The largest absolute Gasteiger partial charge is 0.444 e. The third kappa shape index (κ3) is 13.7. The maximum atomic E-state index is 13.8. The molecular formula is C42H59N9O5. The highest BCUT2D eigenvalue weighted by Crippen LogP contribution is 2.29. The first-order valence-corrected chi connectivity index (χ1v) is 19.2. The molecule has 1 aliphatic carbocycles. The van der Waals surface area contributed by atoms with Crippen LogP contribution in [0.25, 0.3) is 11.1 Å². The van der Waals surface area contributed by atoms with Gasteiger partial charge in [-0.1, -0.05) is 30.3 Å². The minimum Gasteiger partial charge on any atom is -0.444 e. The van der Waals surface area contributed by atoms with E-state index < -0.39 is 17.7 Å². The van der Waals surface area contributed by atoms with Gasteiger partial charge in [0.1, 0.15) is 11.6 Å². The van der Waals surface area contributed by atoms with Crippen LogP contribution in [0.3, 0.4) is 0 Å². The summed E-state index contributed by atoms with van der Waals surface area (Å²) in [6, 6.07) is 19.5. The van der Waals surface area contributed by atoms with Crippen LogP contribution in [0.5, 0.6) is 0 Å². The van der Waals surface area contributed by atoms with Crippen LogP contribution in [-0.4, -0.2) is 79.9 Å². The van der Waals surface area contributed by atoms with Crippen molar-refractivity contribution in [1.82, 2.24) is 26.4 Å². The van der Waals surface area contributed by atoms with E-state index in [2.05, 4.69) is 36.8 Å². The second-order valence-corrected chi connectivity index (χ2v) is 15.7. The van der Waals surface area contributed by atoms with E-state index in [1.54, 1.807) is 24.3 Å². The first-order valence-electron chi connectivity index (χ1n) is 19.2. The van der Waals surface area contributed by atoms with Crippen molar-refractivity contribution in [3.05, 3.63) is 89.0 Å². The number of hydrogen-bond acceptors (Lipinski definition) is 9. The van der Waals surface area contributed by atoms with Crippen LogP contribution in [0.15, 0.2) is 71.8 Å². The predicted molar refractivity (Wildman–Crippen MR) is 221 cm³/mol. The van der Waals surface area contributed by atoms with Gasteiger partial charge in [-0.15, -0.1) is 5.10 Å². The second-order valence-electron chi connectivity index (χ2n) is 15.7. The van der Waals surface area contributed by atoms with Crippen LogP contribution in [-0.2, 0) is 20.7 Å². The number of nitrogens with two attached hydrogens (primary N) is 2. The van der Waals surface area contributed by atoms with Crippen molar-refractivity contribution < 1.29 is 23.9 Å². The molecule has 0 aromatic heterocycles. The Balaban J connectivity index is 1.43. The van der Waals surface area contributed by atoms with Gasteiger partial charge in [0.05, 0.1) is 0 Å². The minimum atomic E-state index is -0.857. The first kappa shape index (κ1) is 43.3. The average Bonchev–Trinajstić information content (AvgIpc) is 3.15. The molecule has 0 aliphatic heterocycles. The van der Waals surface area contributed by atoms with Crippen molar-refractivity contribution in [1.29, 1.82) is 0 Å². The van der Waals surface area contributed by atoms with Gasteiger partial charge in [0.25, 0.3) is 5.91 Å². The SMILES string of the molecule is Cc1cc(C(=O)NCCCN(C)C)ccc1-c1ccc(C[C@H](NC(=O)C2CCC(CNC(=O)OC(C)(C)C)CC2)C(=O)Nc2ccc(/C(N)=N/NN)cc2)cc1. The van der Waals surface area contributed by atoms with E-state index in [0.29, 0.717) is 42.7 Å². The normalized spacial score (nSPS) is 16.4. The lowest BCUT2D eigenvalue weighted by atomic mass is 9.81. The average molecular weight is 770 g/mol. The van der Waals surface area contributed by atoms with Gasteiger partial charge in [-0.3, -0.25) is 14.4 Å². The summed E-state index contributed by atoms with van der Waals surface area (Å²) in [5.74, 6) is 4.79. The zero-order valence-corrected chi connectivity index (χ0v) is 33.5. The summed E-state index contributed by atoms with van der Waals surface area (Å²) in [6.07, 6.45) is 3.52. The number of rotatable bonds is 16. The Morgan fingerprint density at radius 3 is 2.18 bits per heavy atom. The van der Waals surface area contributed by atoms with Crippen LogP contribution < -0.4 is 38.4 Å². The fourth-order valence-corrected chi connectivity index (χ4v) is 6.64. The molecule has 9 N–H and O–H groups in total. The van der Waals surface area contributed by atoms with Crippen LogP contribution in [0, 0.1) is 18.8 Å². The van der Waals surface area contributed by atoms with Crippen LogP contribution >= 0.6 is 0 Å². The Hall–Kier alpha value is -5.47. The summed E-state index contributed by atoms with van der Waals surface area (Å²) in [5, 5.41) is 15.6. The molecule has 0 heterocycles. The highest BCUT2D eigenvalue weighted by Gasteiger charge is 2.30. The van der Waals surface area contributed by atoms with Gasteiger partial charge >= 0.3 is 6.09 Å². The molecule has 56 heavy (non-hydrogen) atoms. The molecule has 1 saturated carbocycles. The van der Waals surface area contributed by atoms with Gasteiger partial charge in [-0.25, -0.2) is 16.2 Å².